The number of amides is 1. The minimum atomic E-state index is -0.0203. The van der Waals surface area contributed by atoms with E-state index in [0.717, 1.165) is 28.9 Å². The molecule has 4 rings (SSSR count). The number of rotatable bonds is 1. The van der Waals surface area contributed by atoms with Gasteiger partial charge in [0.2, 0.25) is 0 Å². The molecule has 3 nitrogen and oxygen atoms in total. The molecule has 0 unspecified atom stereocenters. The Morgan fingerprint density at radius 3 is 2.86 bits per heavy atom. The zero-order valence-corrected chi connectivity index (χ0v) is 13.0. The highest BCUT2D eigenvalue weighted by Crippen LogP contribution is 2.38. The van der Waals surface area contributed by atoms with Gasteiger partial charge in [-0.25, -0.2) is 0 Å². The maximum absolute atomic E-state index is 12.2. The molecule has 0 radical (unpaired) electrons. The molecule has 1 aliphatic heterocycles. The number of carbonyl (C=O) groups excluding carboxylic acids is 1. The van der Waals surface area contributed by atoms with Crippen molar-refractivity contribution < 1.29 is 4.79 Å². The molecular formula is C19H20N2O. The van der Waals surface area contributed by atoms with Crippen LogP contribution in [0, 0.1) is 0 Å². The van der Waals surface area contributed by atoms with Crippen molar-refractivity contribution in [3.05, 3.63) is 52.8 Å². The quantitative estimate of drug-likeness (QED) is 0.763. The van der Waals surface area contributed by atoms with Crippen molar-refractivity contribution in [2.75, 3.05) is 5.32 Å². The van der Waals surface area contributed by atoms with Crippen LogP contribution in [0.1, 0.15) is 49.2 Å². The standard InChI is InChI=1S/C19H20N2O/c1-19(2)9-5-8-17-15(19)11-12(20-17)10-14-13-6-3-4-7-16(13)21-18(14)22/h3-4,6-7,10-11,20H,5,8-9H2,1-2H3,(H,21,22). The molecule has 0 atom stereocenters. The molecule has 2 aliphatic rings. The molecule has 2 N–H and O–H groups in total. The molecule has 0 saturated heterocycles. The first-order valence-corrected chi connectivity index (χ1v) is 7.89. The fourth-order valence-electron chi connectivity index (χ4n) is 3.68. The van der Waals surface area contributed by atoms with Crippen molar-refractivity contribution >= 4 is 23.2 Å². The second-order valence-corrected chi connectivity index (χ2v) is 6.91. The van der Waals surface area contributed by atoms with Crippen molar-refractivity contribution in [1.29, 1.82) is 0 Å². The predicted octanol–water partition coefficient (Wildman–Crippen LogP) is 4.12. The lowest BCUT2D eigenvalue weighted by atomic mass is 9.75. The van der Waals surface area contributed by atoms with Crippen LogP contribution in [-0.2, 0) is 16.6 Å². The maximum atomic E-state index is 12.2. The number of aryl methyl sites for hydroxylation is 1. The van der Waals surface area contributed by atoms with Crippen molar-refractivity contribution in [3.8, 4) is 0 Å². The van der Waals surface area contributed by atoms with Gasteiger partial charge in [0.05, 0.1) is 5.57 Å². The van der Waals surface area contributed by atoms with Crippen LogP contribution >= 0.6 is 0 Å². The lowest BCUT2D eigenvalue weighted by Crippen LogP contribution is -2.22. The second kappa shape index (κ2) is 4.60. The van der Waals surface area contributed by atoms with E-state index in [9.17, 15) is 4.79 Å². The Balaban J connectivity index is 1.78. The summed E-state index contributed by atoms with van der Waals surface area (Å²) in [5.41, 5.74) is 6.60. The summed E-state index contributed by atoms with van der Waals surface area (Å²) in [6, 6.07) is 10.1. The lowest BCUT2D eigenvalue weighted by molar-refractivity contribution is -0.110. The summed E-state index contributed by atoms with van der Waals surface area (Å²) in [4.78, 5) is 15.7. The van der Waals surface area contributed by atoms with Gasteiger partial charge >= 0.3 is 0 Å². The Hall–Kier alpha value is -2.29. The molecule has 2 aromatic rings. The van der Waals surface area contributed by atoms with Gasteiger partial charge in [-0.3, -0.25) is 4.79 Å². The largest absolute Gasteiger partial charge is 0.359 e. The second-order valence-electron chi connectivity index (χ2n) is 6.91. The van der Waals surface area contributed by atoms with Crippen molar-refractivity contribution in [2.24, 2.45) is 0 Å². The third-order valence-electron chi connectivity index (χ3n) is 4.89. The average molecular weight is 292 g/mol. The number of para-hydroxylation sites is 1. The lowest BCUT2D eigenvalue weighted by Gasteiger charge is -2.29. The molecule has 2 heterocycles. The van der Waals surface area contributed by atoms with Crippen LogP contribution in [0.5, 0.6) is 0 Å². The maximum Gasteiger partial charge on any atom is 0.256 e. The van der Waals surface area contributed by atoms with E-state index >= 15 is 0 Å². The summed E-state index contributed by atoms with van der Waals surface area (Å²) in [7, 11) is 0. The Morgan fingerprint density at radius 1 is 1.23 bits per heavy atom. The zero-order valence-electron chi connectivity index (χ0n) is 13.0. The molecule has 3 heteroatoms. The van der Waals surface area contributed by atoms with Crippen molar-refractivity contribution in [1.82, 2.24) is 4.98 Å². The highest BCUT2D eigenvalue weighted by Gasteiger charge is 2.29. The Bertz CT molecular complexity index is 796. The van der Waals surface area contributed by atoms with Gasteiger partial charge in [-0.05, 0) is 48.4 Å². The molecular weight excluding hydrogens is 272 g/mol. The zero-order chi connectivity index (χ0) is 15.3. The number of hydrogen-bond acceptors (Lipinski definition) is 1. The molecule has 1 amide bonds. The summed E-state index contributed by atoms with van der Waals surface area (Å²) in [6.07, 6.45) is 5.53. The highest BCUT2D eigenvalue weighted by molar-refractivity contribution is 6.34. The predicted molar refractivity (Wildman–Crippen MR) is 89.7 cm³/mol. The smallest absolute Gasteiger partial charge is 0.256 e. The van der Waals surface area contributed by atoms with Gasteiger partial charge in [0.15, 0.2) is 0 Å². The van der Waals surface area contributed by atoms with E-state index in [1.807, 2.05) is 30.3 Å². The van der Waals surface area contributed by atoms with Gasteiger partial charge in [0.1, 0.15) is 0 Å². The number of hydrogen-bond donors (Lipinski definition) is 2. The van der Waals surface area contributed by atoms with E-state index in [1.165, 1.54) is 24.1 Å². The summed E-state index contributed by atoms with van der Waals surface area (Å²) >= 11 is 0. The normalized spacial score (nSPS) is 20.6. The molecule has 22 heavy (non-hydrogen) atoms. The van der Waals surface area contributed by atoms with E-state index < -0.39 is 0 Å². The number of H-pyrrole nitrogens is 1. The van der Waals surface area contributed by atoms with Crippen LogP contribution in [0.25, 0.3) is 11.6 Å². The first-order chi connectivity index (χ1) is 10.5. The SMILES string of the molecule is CC1(C)CCCc2[nH]c(C=C3C(=O)Nc4ccccc43)cc21. The van der Waals surface area contributed by atoms with E-state index in [2.05, 4.69) is 30.2 Å². The molecule has 1 aliphatic carbocycles. The fraction of sp³-hybridized carbons (Fsp3) is 0.316. The fourth-order valence-corrected chi connectivity index (χ4v) is 3.68. The number of anilines is 1. The Labute approximate surface area is 130 Å². The topological polar surface area (TPSA) is 44.9 Å². The summed E-state index contributed by atoms with van der Waals surface area (Å²) in [6.45, 7) is 4.60. The number of benzene rings is 1. The van der Waals surface area contributed by atoms with Crippen LogP contribution < -0.4 is 5.32 Å². The van der Waals surface area contributed by atoms with Gasteiger partial charge in [-0.1, -0.05) is 32.0 Å². The van der Waals surface area contributed by atoms with Crippen LogP contribution in [-0.4, -0.2) is 10.9 Å². The highest BCUT2D eigenvalue weighted by atomic mass is 16.2. The van der Waals surface area contributed by atoms with Crippen LogP contribution in [0.2, 0.25) is 0 Å². The van der Waals surface area contributed by atoms with E-state index in [4.69, 9.17) is 0 Å². The average Bonchev–Trinajstić information content (AvgIpc) is 3.02. The number of fused-ring (bicyclic) bond motifs is 2. The van der Waals surface area contributed by atoms with Crippen LogP contribution in [0.3, 0.4) is 0 Å². The minimum absolute atomic E-state index is 0.0203. The molecule has 0 bridgehead atoms. The third-order valence-corrected chi connectivity index (χ3v) is 4.89. The van der Waals surface area contributed by atoms with Crippen LogP contribution in [0.15, 0.2) is 30.3 Å². The third kappa shape index (κ3) is 2.00. The van der Waals surface area contributed by atoms with E-state index in [-0.39, 0.29) is 11.3 Å². The van der Waals surface area contributed by atoms with E-state index in [1.54, 1.807) is 0 Å². The Kier molecular flexibility index (Phi) is 2.80. The molecule has 0 spiro atoms. The number of carbonyl (C=O) groups is 1. The van der Waals surface area contributed by atoms with Crippen molar-refractivity contribution in [3.63, 3.8) is 0 Å². The number of nitrogens with one attached hydrogen (secondary N) is 2. The van der Waals surface area contributed by atoms with Gasteiger partial charge in [-0.15, -0.1) is 0 Å². The molecule has 0 fully saturated rings. The van der Waals surface area contributed by atoms with E-state index in [0.29, 0.717) is 0 Å². The summed E-state index contributed by atoms with van der Waals surface area (Å²) in [5.74, 6) is -0.0203. The van der Waals surface area contributed by atoms with Crippen molar-refractivity contribution in [2.45, 2.75) is 38.5 Å². The van der Waals surface area contributed by atoms with Gasteiger partial charge in [0, 0.05) is 22.6 Å². The molecule has 112 valence electrons. The number of aromatic nitrogens is 1. The first kappa shape index (κ1) is 13.4. The van der Waals surface area contributed by atoms with Gasteiger partial charge < -0.3 is 10.3 Å². The first-order valence-electron chi connectivity index (χ1n) is 7.89. The monoisotopic (exact) mass is 292 g/mol. The minimum Gasteiger partial charge on any atom is -0.359 e. The van der Waals surface area contributed by atoms with Crippen LogP contribution in [0.4, 0.5) is 5.69 Å². The summed E-state index contributed by atoms with van der Waals surface area (Å²) < 4.78 is 0. The number of aromatic amines is 1. The molecule has 0 saturated carbocycles. The summed E-state index contributed by atoms with van der Waals surface area (Å²) in [5, 5.41) is 2.92. The Morgan fingerprint density at radius 2 is 2.05 bits per heavy atom. The molecule has 1 aromatic carbocycles. The van der Waals surface area contributed by atoms with Gasteiger partial charge in [0.25, 0.3) is 5.91 Å². The molecule has 1 aromatic heterocycles. The van der Waals surface area contributed by atoms with Gasteiger partial charge in [-0.2, -0.15) is 0 Å².